The Labute approximate surface area is 138 Å². The van der Waals surface area contributed by atoms with Gasteiger partial charge in [-0.1, -0.05) is 19.1 Å². The zero-order valence-electron chi connectivity index (χ0n) is 14.0. The van der Waals surface area contributed by atoms with Crippen LogP contribution in [0.15, 0.2) is 24.3 Å². The number of nitrogens with zero attached hydrogens (tertiary/aromatic N) is 1. The van der Waals surface area contributed by atoms with Crippen LogP contribution >= 0.6 is 0 Å². The monoisotopic (exact) mass is 318 g/mol. The highest BCUT2D eigenvalue weighted by atomic mass is 16.5. The summed E-state index contributed by atoms with van der Waals surface area (Å²) in [6.45, 7) is 4.11. The molecule has 2 N–H and O–H groups in total. The van der Waals surface area contributed by atoms with Gasteiger partial charge in [0.25, 0.3) is 0 Å². The first-order valence-corrected chi connectivity index (χ1v) is 8.18. The summed E-state index contributed by atoms with van der Waals surface area (Å²) >= 11 is 0. The van der Waals surface area contributed by atoms with Gasteiger partial charge in [0, 0.05) is 30.8 Å². The summed E-state index contributed by atoms with van der Waals surface area (Å²) in [5, 5.41) is 0. The lowest BCUT2D eigenvalue weighted by atomic mass is 10.1. The van der Waals surface area contributed by atoms with Gasteiger partial charge in [0.1, 0.15) is 0 Å². The quantitative estimate of drug-likeness (QED) is 0.818. The molecule has 126 valence electrons. The van der Waals surface area contributed by atoms with Crippen molar-refractivity contribution >= 4 is 12.0 Å². The third-order valence-electron chi connectivity index (χ3n) is 3.94. The van der Waals surface area contributed by atoms with Gasteiger partial charge in [0.2, 0.25) is 5.91 Å². The second-order valence-electron chi connectivity index (χ2n) is 5.72. The van der Waals surface area contributed by atoms with E-state index in [2.05, 4.69) is 6.92 Å². The molecule has 1 saturated heterocycles. The average molecular weight is 318 g/mol. The minimum Gasteiger partial charge on any atom is -0.493 e. The van der Waals surface area contributed by atoms with E-state index in [0.29, 0.717) is 18.1 Å². The van der Waals surface area contributed by atoms with Crippen molar-refractivity contribution in [1.29, 1.82) is 0 Å². The number of carbonyl (C=O) groups is 1. The van der Waals surface area contributed by atoms with Gasteiger partial charge >= 0.3 is 0 Å². The van der Waals surface area contributed by atoms with Crippen molar-refractivity contribution < 1.29 is 14.3 Å². The largest absolute Gasteiger partial charge is 0.493 e. The average Bonchev–Trinajstić information content (AvgIpc) is 2.58. The molecule has 0 saturated carbocycles. The smallest absolute Gasteiger partial charge is 0.246 e. The maximum atomic E-state index is 12.3. The van der Waals surface area contributed by atoms with Crippen molar-refractivity contribution in [3.8, 4) is 11.5 Å². The molecule has 1 aromatic rings. The fourth-order valence-electron chi connectivity index (χ4n) is 2.57. The van der Waals surface area contributed by atoms with E-state index in [9.17, 15) is 4.79 Å². The fourth-order valence-corrected chi connectivity index (χ4v) is 2.57. The van der Waals surface area contributed by atoms with Crippen LogP contribution in [0.3, 0.4) is 0 Å². The third-order valence-corrected chi connectivity index (χ3v) is 3.94. The third kappa shape index (κ3) is 4.73. The van der Waals surface area contributed by atoms with Gasteiger partial charge in [-0.3, -0.25) is 4.79 Å². The molecule has 1 fully saturated rings. The fraction of sp³-hybridized carbons (Fsp3) is 0.500. The standard InChI is InChI=1S/C18H26N2O3/c1-3-13-23-18-14(5-4-6-16(18)22-2)7-8-17(21)20-11-9-15(19)10-12-20/h4-8,15H,3,9-13,19H2,1-2H3/b8-7+. The summed E-state index contributed by atoms with van der Waals surface area (Å²) in [6, 6.07) is 5.89. The summed E-state index contributed by atoms with van der Waals surface area (Å²) in [6.07, 6.45) is 6.04. The number of para-hydroxylation sites is 1. The van der Waals surface area contributed by atoms with Crippen LogP contribution in [-0.4, -0.2) is 43.7 Å². The Morgan fingerprint density at radius 1 is 1.39 bits per heavy atom. The molecule has 1 aliphatic rings. The van der Waals surface area contributed by atoms with Crippen LogP contribution in [0, 0.1) is 0 Å². The summed E-state index contributed by atoms with van der Waals surface area (Å²) in [7, 11) is 1.61. The van der Waals surface area contributed by atoms with Crippen LogP contribution in [-0.2, 0) is 4.79 Å². The molecule has 0 spiro atoms. The number of rotatable bonds is 6. The van der Waals surface area contributed by atoms with Gasteiger partial charge in [-0.05, 0) is 31.4 Å². The number of amides is 1. The molecular formula is C18H26N2O3. The molecule has 0 atom stereocenters. The van der Waals surface area contributed by atoms with E-state index < -0.39 is 0 Å². The Balaban J connectivity index is 2.10. The van der Waals surface area contributed by atoms with E-state index in [4.69, 9.17) is 15.2 Å². The number of methoxy groups -OCH3 is 1. The molecule has 23 heavy (non-hydrogen) atoms. The summed E-state index contributed by atoms with van der Waals surface area (Å²) in [5.74, 6) is 1.37. The number of ether oxygens (including phenoxy) is 2. The molecule has 1 aliphatic heterocycles. The van der Waals surface area contributed by atoms with Gasteiger partial charge in [-0.25, -0.2) is 0 Å². The van der Waals surface area contributed by atoms with Crippen LogP contribution in [0.1, 0.15) is 31.7 Å². The molecule has 0 aliphatic carbocycles. The topological polar surface area (TPSA) is 64.8 Å². The second kappa shape index (κ2) is 8.58. The van der Waals surface area contributed by atoms with Gasteiger partial charge in [0.15, 0.2) is 11.5 Å². The maximum Gasteiger partial charge on any atom is 0.246 e. The van der Waals surface area contributed by atoms with Crippen molar-refractivity contribution in [2.45, 2.75) is 32.2 Å². The molecule has 0 unspecified atom stereocenters. The summed E-state index contributed by atoms with van der Waals surface area (Å²) in [5.41, 5.74) is 6.72. The number of nitrogens with two attached hydrogens (primary N) is 1. The number of piperidine rings is 1. The van der Waals surface area contributed by atoms with Crippen LogP contribution in [0.5, 0.6) is 11.5 Å². The normalized spacial score (nSPS) is 15.9. The Morgan fingerprint density at radius 2 is 2.13 bits per heavy atom. The molecule has 5 heteroatoms. The first-order chi connectivity index (χ1) is 11.2. The number of benzene rings is 1. The Bertz CT molecular complexity index is 549. The molecule has 1 amide bonds. The van der Waals surface area contributed by atoms with E-state index in [-0.39, 0.29) is 11.9 Å². The van der Waals surface area contributed by atoms with E-state index in [1.165, 1.54) is 0 Å². The van der Waals surface area contributed by atoms with Crippen molar-refractivity contribution in [2.75, 3.05) is 26.8 Å². The lowest BCUT2D eigenvalue weighted by Gasteiger charge is -2.29. The zero-order chi connectivity index (χ0) is 16.7. The Morgan fingerprint density at radius 3 is 2.78 bits per heavy atom. The van der Waals surface area contributed by atoms with Crippen LogP contribution in [0.25, 0.3) is 6.08 Å². The predicted molar refractivity (Wildman–Crippen MR) is 91.6 cm³/mol. The van der Waals surface area contributed by atoms with E-state index in [0.717, 1.165) is 37.9 Å². The molecule has 0 radical (unpaired) electrons. The SMILES string of the molecule is CCCOc1c(/C=C/C(=O)N2CCC(N)CC2)cccc1OC. The van der Waals surface area contributed by atoms with Crippen LogP contribution in [0.4, 0.5) is 0 Å². The molecule has 2 rings (SSSR count). The Hall–Kier alpha value is -2.01. The van der Waals surface area contributed by atoms with Crippen molar-refractivity contribution in [1.82, 2.24) is 4.90 Å². The van der Waals surface area contributed by atoms with Crippen molar-refractivity contribution in [3.05, 3.63) is 29.8 Å². The zero-order valence-corrected chi connectivity index (χ0v) is 14.0. The lowest BCUT2D eigenvalue weighted by Crippen LogP contribution is -2.42. The maximum absolute atomic E-state index is 12.3. The molecule has 1 aromatic carbocycles. The highest BCUT2D eigenvalue weighted by molar-refractivity contribution is 5.92. The van der Waals surface area contributed by atoms with Crippen molar-refractivity contribution in [3.63, 3.8) is 0 Å². The lowest BCUT2D eigenvalue weighted by molar-refractivity contribution is -0.126. The number of hydrogen-bond acceptors (Lipinski definition) is 4. The molecule has 1 heterocycles. The number of carbonyl (C=O) groups excluding carboxylic acids is 1. The van der Waals surface area contributed by atoms with Gasteiger partial charge in [-0.15, -0.1) is 0 Å². The summed E-state index contributed by atoms with van der Waals surface area (Å²) in [4.78, 5) is 14.1. The number of likely N-dealkylation sites (tertiary alicyclic amines) is 1. The van der Waals surface area contributed by atoms with E-state index in [1.807, 2.05) is 23.1 Å². The van der Waals surface area contributed by atoms with Gasteiger partial charge in [0.05, 0.1) is 13.7 Å². The molecule has 5 nitrogen and oxygen atoms in total. The summed E-state index contributed by atoms with van der Waals surface area (Å²) < 4.78 is 11.1. The first-order valence-electron chi connectivity index (χ1n) is 8.18. The molecular weight excluding hydrogens is 292 g/mol. The van der Waals surface area contributed by atoms with Gasteiger partial charge in [-0.2, -0.15) is 0 Å². The van der Waals surface area contributed by atoms with Crippen LogP contribution in [0.2, 0.25) is 0 Å². The predicted octanol–water partition coefficient (Wildman–Crippen LogP) is 2.45. The molecule has 0 bridgehead atoms. The number of hydrogen-bond donors (Lipinski definition) is 1. The van der Waals surface area contributed by atoms with Crippen LogP contribution < -0.4 is 15.2 Å². The first kappa shape index (κ1) is 17.3. The highest BCUT2D eigenvalue weighted by Crippen LogP contribution is 2.32. The molecule has 0 aromatic heterocycles. The second-order valence-corrected chi connectivity index (χ2v) is 5.72. The Kier molecular flexibility index (Phi) is 6.47. The minimum atomic E-state index is 0.0150. The van der Waals surface area contributed by atoms with Crippen molar-refractivity contribution in [2.24, 2.45) is 5.73 Å². The van der Waals surface area contributed by atoms with E-state index in [1.54, 1.807) is 19.3 Å². The minimum absolute atomic E-state index is 0.0150. The highest BCUT2D eigenvalue weighted by Gasteiger charge is 2.18. The van der Waals surface area contributed by atoms with Gasteiger partial charge < -0.3 is 20.1 Å². The van der Waals surface area contributed by atoms with E-state index >= 15 is 0 Å².